The summed E-state index contributed by atoms with van der Waals surface area (Å²) in [5.41, 5.74) is 0. The molecule has 66 heavy (non-hydrogen) atoms. The summed E-state index contributed by atoms with van der Waals surface area (Å²) in [5.74, 6) is -0.497. The van der Waals surface area contributed by atoms with Gasteiger partial charge < -0.3 is 39.9 Å². The molecular formula is C53H89O12P. The summed E-state index contributed by atoms with van der Waals surface area (Å²) in [6, 6.07) is 0. The van der Waals surface area contributed by atoms with Gasteiger partial charge in [-0.15, -0.1) is 0 Å². The maximum atomic E-state index is 12.9. The van der Waals surface area contributed by atoms with Gasteiger partial charge in [-0.25, -0.2) is 4.57 Å². The number of aliphatic hydroxyl groups excluding tert-OH is 5. The van der Waals surface area contributed by atoms with E-state index in [0.29, 0.717) is 13.0 Å². The van der Waals surface area contributed by atoms with Crippen LogP contribution < -0.4 is 0 Å². The standard InChI is InChI=1S/C53H89O12P/c1-3-5-7-9-11-13-15-17-19-21-23-24-25-26-28-30-32-34-36-38-40-42-47(54)64-46(45-63-66(60,61)65-53-51(58)49(56)48(55)50(57)52(53)59)44-62-43-41-39-37-35-33-31-29-27-22-20-18-16-14-12-10-8-6-4-2/h5-8,11-14,17-20,23-24,27,29,46,48-53,55-59H,3-4,9-10,15-16,21-22,25-26,28,30-45H2,1-2H3,(H,60,61)/b7-5-,8-6-,13-11-,14-12-,19-17-,20-18-,24-23-,29-27-. The van der Waals surface area contributed by atoms with Crippen molar-refractivity contribution in [2.45, 2.75) is 211 Å². The van der Waals surface area contributed by atoms with Crippen molar-refractivity contribution in [1.82, 2.24) is 0 Å². The first-order valence-corrected chi connectivity index (χ1v) is 26.6. The summed E-state index contributed by atoms with van der Waals surface area (Å²) in [4.78, 5) is 23.2. The van der Waals surface area contributed by atoms with Crippen molar-refractivity contribution in [3.8, 4) is 0 Å². The maximum absolute atomic E-state index is 12.9. The molecule has 13 heteroatoms. The van der Waals surface area contributed by atoms with Gasteiger partial charge in [-0.2, -0.15) is 0 Å². The van der Waals surface area contributed by atoms with Gasteiger partial charge in [0.05, 0.1) is 13.2 Å². The lowest BCUT2D eigenvalue weighted by Crippen LogP contribution is -2.64. The summed E-state index contributed by atoms with van der Waals surface area (Å²) < 4.78 is 34.3. The molecule has 1 rings (SSSR count). The molecule has 378 valence electrons. The summed E-state index contributed by atoms with van der Waals surface area (Å²) in [6.07, 6.45) is 46.1. The molecule has 1 aliphatic carbocycles. The van der Waals surface area contributed by atoms with E-state index in [-0.39, 0.29) is 13.0 Å². The first-order valence-electron chi connectivity index (χ1n) is 25.1. The van der Waals surface area contributed by atoms with E-state index in [9.17, 15) is 39.8 Å². The van der Waals surface area contributed by atoms with Crippen molar-refractivity contribution >= 4 is 13.8 Å². The molecule has 0 bridgehead atoms. The van der Waals surface area contributed by atoms with E-state index >= 15 is 0 Å². The normalized spacial score (nSPS) is 22.2. The molecule has 1 saturated carbocycles. The molecule has 1 aliphatic rings. The van der Waals surface area contributed by atoms with Gasteiger partial charge in [0.15, 0.2) is 0 Å². The topological polar surface area (TPSA) is 192 Å². The number of carbonyl (C=O) groups excluding carboxylic acids is 1. The van der Waals surface area contributed by atoms with Crippen LogP contribution in [0.15, 0.2) is 97.2 Å². The Balaban J connectivity index is 2.38. The number of aliphatic hydroxyl groups is 5. The van der Waals surface area contributed by atoms with Gasteiger partial charge >= 0.3 is 13.8 Å². The third-order valence-electron chi connectivity index (χ3n) is 11.0. The first-order chi connectivity index (χ1) is 32.0. The zero-order chi connectivity index (χ0) is 48.4. The number of phosphoric ester groups is 1. The summed E-state index contributed by atoms with van der Waals surface area (Å²) >= 11 is 0. The number of hydrogen-bond donors (Lipinski definition) is 6. The number of ether oxygens (including phenoxy) is 2. The lowest BCUT2D eigenvalue weighted by molar-refractivity contribution is -0.220. The molecule has 6 unspecified atom stereocenters. The van der Waals surface area contributed by atoms with Crippen LogP contribution in [0.4, 0.5) is 0 Å². The minimum Gasteiger partial charge on any atom is -0.457 e. The minimum atomic E-state index is -5.04. The van der Waals surface area contributed by atoms with Crippen molar-refractivity contribution in [3.63, 3.8) is 0 Å². The van der Waals surface area contributed by atoms with Gasteiger partial charge in [0, 0.05) is 13.0 Å². The Morgan fingerprint density at radius 3 is 1.29 bits per heavy atom. The third-order valence-corrected chi connectivity index (χ3v) is 11.9. The van der Waals surface area contributed by atoms with E-state index < -0.39 is 63.1 Å². The second-order valence-corrected chi connectivity index (χ2v) is 18.3. The molecule has 12 nitrogen and oxygen atoms in total. The molecule has 0 heterocycles. The monoisotopic (exact) mass is 949 g/mol. The van der Waals surface area contributed by atoms with E-state index in [1.54, 1.807) is 0 Å². The zero-order valence-corrected chi connectivity index (χ0v) is 41.3. The highest BCUT2D eigenvalue weighted by atomic mass is 31.2. The van der Waals surface area contributed by atoms with Crippen molar-refractivity contribution in [2.24, 2.45) is 0 Å². The SMILES string of the molecule is CC/C=C\C/C=C\C/C=C\C/C=C\CCCCCCCCCCC(=O)OC(COCCCCCCC/C=C\C/C=C\C/C=C\C/C=C\CC)COP(=O)(O)OC1C(O)C(O)C(O)C(O)C1O. The van der Waals surface area contributed by atoms with Crippen molar-refractivity contribution in [3.05, 3.63) is 97.2 Å². The Morgan fingerprint density at radius 1 is 0.485 bits per heavy atom. The van der Waals surface area contributed by atoms with Crippen molar-refractivity contribution in [1.29, 1.82) is 0 Å². The Kier molecular flexibility index (Phi) is 39.3. The number of hydrogen-bond acceptors (Lipinski definition) is 11. The summed E-state index contributed by atoms with van der Waals surface area (Å²) in [5, 5.41) is 50.3. The molecule has 0 aromatic heterocycles. The van der Waals surface area contributed by atoms with E-state index in [4.69, 9.17) is 18.5 Å². The number of unbranched alkanes of at least 4 members (excludes halogenated alkanes) is 13. The highest BCUT2D eigenvalue weighted by Gasteiger charge is 2.51. The Bertz CT molecular complexity index is 1450. The summed E-state index contributed by atoms with van der Waals surface area (Å²) in [6.45, 7) is 3.98. The van der Waals surface area contributed by atoms with Gasteiger partial charge in [0.25, 0.3) is 0 Å². The quantitative estimate of drug-likeness (QED) is 0.0147. The molecule has 0 aliphatic heterocycles. The molecule has 0 aromatic rings. The molecule has 0 spiro atoms. The van der Waals surface area contributed by atoms with E-state index in [2.05, 4.69) is 111 Å². The predicted octanol–water partition coefficient (Wildman–Crippen LogP) is 11.1. The molecule has 0 amide bonds. The van der Waals surface area contributed by atoms with Crippen LogP contribution in [-0.4, -0.2) is 98.9 Å². The van der Waals surface area contributed by atoms with Gasteiger partial charge in [-0.3, -0.25) is 13.8 Å². The van der Waals surface area contributed by atoms with Crippen molar-refractivity contribution in [2.75, 3.05) is 19.8 Å². The van der Waals surface area contributed by atoms with Gasteiger partial charge in [-0.05, 0) is 89.9 Å². The molecule has 0 aromatic carbocycles. The summed E-state index contributed by atoms with van der Waals surface area (Å²) in [7, 11) is -5.04. The molecular weight excluding hydrogens is 860 g/mol. The van der Waals surface area contributed by atoms with E-state index in [0.717, 1.165) is 122 Å². The van der Waals surface area contributed by atoms with Crippen LogP contribution >= 0.6 is 7.82 Å². The lowest BCUT2D eigenvalue weighted by atomic mass is 9.85. The fraction of sp³-hybridized carbons (Fsp3) is 0.679. The predicted molar refractivity (Wildman–Crippen MR) is 267 cm³/mol. The smallest absolute Gasteiger partial charge is 0.457 e. The van der Waals surface area contributed by atoms with Crippen molar-refractivity contribution < 1.29 is 58.3 Å². The van der Waals surface area contributed by atoms with Crippen LogP contribution in [0.1, 0.15) is 168 Å². The number of allylic oxidation sites excluding steroid dienone is 16. The number of esters is 1. The van der Waals surface area contributed by atoms with Crippen LogP contribution in [0.25, 0.3) is 0 Å². The van der Waals surface area contributed by atoms with E-state index in [1.807, 2.05) is 0 Å². The van der Waals surface area contributed by atoms with E-state index in [1.165, 1.54) is 19.3 Å². The number of carbonyl (C=O) groups is 1. The third kappa shape index (κ3) is 33.7. The Labute approximate surface area is 398 Å². The molecule has 6 N–H and O–H groups in total. The molecule has 0 saturated heterocycles. The van der Waals surface area contributed by atoms with Crippen LogP contribution in [0.3, 0.4) is 0 Å². The van der Waals surface area contributed by atoms with Crippen LogP contribution in [-0.2, 0) is 27.9 Å². The van der Waals surface area contributed by atoms with Crippen LogP contribution in [0, 0.1) is 0 Å². The zero-order valence-electron chi connectivity index (χ0n) is 40.5. The van der Waals surface area contributed by atoms with Gasteiger partial charge in [-0.1, -0.05) is 169 Å². The minimum absolute atomic E-state index is 0.0991. The fourth-order valence-electron chi connectivity index (χ4n) is 7.04. The van der Waals surface area contributed by atoms with Crippen LogP contribution in [0.5, 0.6) is 0 Å². The molecule has 6 atom stereocenters. The second kappa shape index (κ2) is 42.4. The molecule has 1 fully saturated rings. The Morgan fingerprint density at radius 2 is 0.848 bits per heavy atom. The Hall–Kier alpha value is -2.74. The lowest BCUT2D eigenvalue weighted by Gasteiger charge is -2.41. The van der Waals surface area contributed by atoms with Crippen LogP contribution in [0.2, 0.25) is 0 Å². The fourth-order valence-corrected chi connectivity index (χ4v) is 8.02. The van der Waals surface area contributed by atoms with Gasteiger partial charge in [0.1, 0.15) is 42.7 Å². The maximum Gasteiger partial charge on any atom is 0.472 e. The average Bonchev–Trinajstić information content (AvgIpc) is 3.30. The first kappa shape index (κ1) is 61.3. The van der Waals surface area contributed by atoms with Gasteiger partial charge in [0.2, 0.25) is 0 Å². The average molecular weight is 949 g/mol. The number of rotatable bonds is 41. The highest BCUT2D eigenvalue weighted by Crippen LogP contribution is 2.47. The number of phosphoric acid groups is 1. The largest absolute Gasteiger partial charge is 0.472 e. The second-order valence-electron chi connectivity index (χ2n) is 16.9. The highest BCUT2D eigenvalue weighted by molar-refractivity contribution is 7.47. The molecule has 0 radical (unpaired) electrons.